The van der Waals surface area contributed by atoms with Crippen LogP contribution in [0, 0.1) is 19.3 Å². The number of anilines is 1. The van der Waals surface area contributed by atoms with Crippen LogP contribution in [0.4, 0.5) is 5.82 Å². The minimum Gasteiger partial charge on any atom is -0.496 e. The van der Waals surface area contributed by atoms with Crippen LogP contribution in [0.1, 0.15) is 35.5 Å². The molecule has 10 nitrogen and oxygen atoms in total. The molecule has 3 aromatic heterocycles. The maximum absolute atomic E-state index is 10.8. The van der Waals surface area contributed by atoms with Gasteiger partial charge in [-0.05, 0) is 50.1 Å². The van der Waals surface area contributed by atoms with E-state index in [1.165, 1.54) is 6.33 Å². The van der Waals surface area contributed by atoms with E-state index in [0.717, 1.165) is 27.9 Å². The number of ether oxygens (including phenoxy) is 1. The van der Waals surface area contributed by atoms with Gasteiger partial charge in [0.15, 0.2) is 11.5 Å². The number of nitrogens with zero attached hydrogens (tertiary/aromatic N) is 5. The van der Waals surface area contributed by atoms with Gasteiger partial charge in [0.1, 0.15) is 23.6 Å². The molecule has 1 amide bonds. The summed E-state index contributed by atoms with van der Waals surface area (Å²) in [5.74, 6) is 0.857. The quantitative estimate of drug-likeness (QED) is 0.218. The number of aryl methyl sites for hydroxylation is 1. The summed E-state index contributed by atoms with van der Waals surface area (Å²) in [5.41, 5.74) is 10.8. The van der Waals surface area contributed by atoms with Gasteiger partial charge in [-0.2, -0.15) is 5.10 Å². The summed E-state index contributed by atoms with van der Waals surface area (Å²) >= 11 is 6.68. The highest BCUT2D eigenvalue weighted by Gasteiger charge is 2.25. The second kappa shape index (κ2) is 9.06. The van der Waals surface area contributed by atoms with Crippen molar-refractivity contribution < 1.29 is 9.53 Å². The first-order chi connectivity index (χ1) is 16.3. The molecule has 34 heavy (non-hydrogen) atoms. The molecule has 1 unspecified atom stereocenters. The van der Waals surface area contributed by atoms with Crippen LogP contribution < -0.4 is 15.8 Å². The van der Waals surface area contributed by atoms with Gasteiger partial charge in [0.25, 0.3) is 0 Å². The molecule has 0 bridgehead atoms. The predicted octanol–water partition coefficient (Wildman–Crippen LogP) is 3.43. The molecule has 0 fully saturated rings. The number of amidine groups is 1. The lowest BCUT2D eigenvalue weighted by Gasteiger charge is -2.22. The zero-order chi connectivity index (χ0) is 24.6. The zero-order valence-electron chi connectivity index (χ0n) is 19.0. The van der Waals surface area contributed by atoms with E-state index < -0.39 is 0 Å². The largest absolute Gasteiger partial charge is 0.496 e. The number of nitrogen functional groups attached to an aromatic ring is 1. The van der Waals surface area contributed by atoms with E-state index in [-0.39, 0.29) is 11.9 Å². The lowest BCUT2D eigenvalue weighted by Crippen LogP contribution is -2.22. The van der Waals surface area contributed by atoms with E-state index in [1.54, 1.807) is 30.1 Å². The highest BCUT2D eigenvalue weighted by atomic mass is 35.5. The van der Waals surface area contributed by atoms with Gasteiger partial charge in [-0.1, -0.05) is 11.6 Å². The van der Waals surface area contributed by atoms with Gasteiger partial charge in [0.2, 0.25) is 6.41 Å². The van der Waals surface area contributed by atoms with Crippen LogP contribution >= 0.6 is 11.6 Å². The molecule has 1 atom stereocenters. The van der Waals surface area contributed by atoms with E-state index >= 15 is 0 Å². The van der Waals surface area contributed by atoms with E-state index in [1.807, 2.05) is 26.8 Å². The van der Waals surface area contributed by atoms with Crippen LogP contribution in [0.2, 0.25) is 5.02 Å². The number of nitrogens with one attached hydrogen (secondary N) is 2. The number of nitrogens with two attached hydrogens (primary N) is 1. The van der Waals surface area contributed by atoms with Crippen molar-refractivity contribution in [2.24, 2.45) is 0 Å². The Balaban J connectivity index is 1.92. The lowest BCUT2D eigenvalue weighted by molar-refractivity contribution is -0.108. The average molecular weight is 479 g/mol. The molecule has 0 saturated heterocycles. The van der Waals surface area contributed by atoms with Crippen LogP contribution in [-0.4, -0.2) is 44.1 Å². The van der Waals surface area contributed by atoms with Gasteiger partial charge in [0.05, 0.1) is 24.2 Å². The Labute approximate surface area is 200 Å². The Hall–Kier alpha value is -4.05. The Morgan fingerprint density at radius 2 is 2.06 bits per heavy atom. The molecule has 0 saturated carbocycles. The molecule has 174 valence electrons. The van der Waals surface area contributed by atoms with Gasteiger partial charge >= 0.3 is 0 Å². The van der Waals surface area contributed by atoms with E-state index in [2.05, 4.69) is 25.4 Å². The maximum atomic E-state index is 10.8. The van der Waals surface area contributed by atoms with Crippen molar-refractivity contribution in [1.82, 2.24) is 30.0 Å². The molecule has 4 rings (SSSR count). The second-order valence-corrected chi connectivity index (χ2v) is 8.12. The van der Waals surface area contributed by atoms with Gasteiger partial charge in [-0.25, -0.2) is 14.6 Å². The molecule has 4 N–H and O–H groups in total. The second-order valence-electron chi connectivity index (χ2n) is 7.71. The van der Waals surface area contributed by atoms with Gasteiger partial charge in [0, 0.05) is 22.3 Å². The summed E-state index contributed by atoms with van der Waals surface area (Å²) in [7, 11) is 1.59. The Bertz CT molecular complexity index is 1430. The fraction of sp³-hybridized carbons (Fsp3) is 0.217. The van der Waals surface area contributed by atoms with Crippen molar-refractivity contribution in [1.29, 1.82) is 5.41 Å². The minimum absolute atomic E-state index is 0.111. The fourth-order valence-corrected chi connectivity index (χ4v) is 4.26. The maximum Gasteiger partial charge on any atom is 0.212 e. The van der Waals surface area contributed by atoms with E-state index in [4.69, 9.17) is 27.5 Å². The summed E-state index contributed by atoms with van der Waals surface area (Å²) in [6, 6.07) is 5.05. The monoisotopic (exact) mass is 478 g/mol. The molecular formula is C23H23ClN8O2. The SMILES string of the molecule is COc1c(C(C)n2nc(C)c3c(N)ncnc32)cc(Cl)c(C)c1-c1ccnc(C(=N)NC=O)c1. The molecule has 0 spiro atoms. The normalized spacial score (nSPS) is 11.9. The number of aromatic nitrogens is 5. The summed E-state index contributed by atoms with van der Waals surface area (Å²) < 4.78 is 7.67. The third kappa shape index (κ3) is 3.81. The fourth-order valence-electron chi connectivity index (χ4n) is 4.05. The topological polar surface area (TPSA) is 145 Å². The van der Waals surface area contributed by atoms with Crippen LogP contribution in [0.3, 0.4) is 0 Å². The average Bonchev–Trinajstić information content (AvgIpc) is 3.17. The van der Waals surface area contributed by atoms with Gasteiger partial charge < -0.3 is 15.8 Å². The van der Waals surface area contributed by atoms with Crippen molar-refractivity contribution >= 4 is 40.7 Å². The zero-order valence-corrected chi connectivity index (χ0v) is 19.8. The number of benzene rings is 1. The highest BCUT2D eigenvalue weighted by Crippen LogP contribution is 2.43. The molecule has 0 aliphatic carbocycles. The number of rotatable bonds is 6. The van der Waals surface area contributed by atoms with Crippen LogP contribution in [0.25, 0.3) is 22.2 Å². The summed E-state index contributed by atoms with van der Waals surface area (Å²) in [6.45, 7) is 5.72. The van der Waals surface area contributed by atoms with Crippen LogP contribution in [0.15, 0.2) is 30.7 Å². The number of pyridine rings is 1. The molecule has 1 aromatic carbocycles. The number of halogens is 1. The first kappa shape index (κ1) is 23.1. The third-order valence-corrected chi connectivity index (χ3v) is 6.12. The smallest absolute Gasteiger partial charge is 0.212 e. The number of carbonyl (C=O) groups is 1. The molecule has 11 heteroatoms. The predicted molar refractivity (Wildman–Crippen MR) is 130 cm³/mol. The molecule has 0 aliphatic heterocycles. The van der Waals surface area contributed by atoms with Gasteiger partial charge in [-0.15, -0.1) is 0 Å². The first-order valence-electron chi connectivity index (χ1n) is 10.4. The number of fused-ring (bicyclic) bond motifs is 1. The highest BCUT2D eigenvalue weighted by molar-refractivity contribution is 6.32. The molecule has 0 aliphatic rings. The van der Waals surface area contributed by atoms with E-state index in [0.29, 0.717) is 39.7 Å². The molecule has 0 radical (unpaired) electrons. The first-order valence-corrected chi connectivity index (χ1v) is 10.7. The number of hydrogen-bond donors (Lipinski definition) is 3. The number of amides is 1. The van der Waals surface area contributed by atoms with Crippen LogP contribution in [0.5, 0.6) is 5.75 Å². The summed E-state index contributed by atoms with van der Waals surface area (Å²) in [6.07, 6.45) is 3.42. The molecule has 4 aromatic rings. The Morgan fingerprint density at radius 3 is 2.76 bits per heavy atom. The third-order valence-electron chi connectivity index (χ3n) is 5.73. The van der Waals surface area contributed by atoms with Crippen molar-refractivity contribution in [3.05, 3.63) is 58.3 Å². The van der Waals surface area contributed by atoms with Crippen LogP contribution in [-0.2, 0) is 4.79 Å². The van der Waals surface area contributed by atoms with E-state index in [9.17, 15) is 4.79 Å². The number of hydrogen-bond acceptors (Lipinski definition) is 8. The minimum atomic E-state index is -0.311. The molecular weight excluding hydrogens is 456 g/mol. The summed E-state index contributed by atoms with van der Waals surface area (Å²) in [5, 5.41) is 16.2. The lowest BCUT2D eigenvalue weighted by atomic mass is 9.94. The van der Waals surface area contributed by atoms with Gasteiger partial charge in [-0.3, -0.25) is 15.2 Å². The standard InChI is InChI=1S/C23H23ClN8O2/c1-11-16(24)8-15(13(3)32-23-19(12(2)31-32)22(26)28-9-29-23)20(34-4)18(11)14-5-6-27-17(7-14)21(25)30-10-33/h5-10,13H,1-4H3,(H2,25,30,33)(H2,26,28,29). The Kier molecular flexibility index (Phi) is 6.16. The Morgan fingerprint density at radius 1 is 1.29 bits per heavy atom. The van der Waals surface area contributed by atoms with Crippen molar-refractivity contribution in [3.63, 3.8) is 0 Å². The molecule has 3 heterocycles. The summed E-state index contributed by atoms with van der Waals surface area (Å²) in [4.78, 5) is 23.4. The van der Waals surface area contributed by atoms with Crippen molar-refractivity contribution in [3.8, 4) is 16.9 Å². The number of methoxy groups -OCH3 is 1. The number of carbonyl (C=O) groups excluding carboxylic acids is 1. The van der Waals surface area contributed by atoms with Crippen molar-refractivity contribution in [2.75, 3.05) is 12.8 Å². The van der Waals surface area contributed by atoms with Crippen molar-refractivity contribution in [2.45, 2.75) is 26.8 Å².